The highest BCUT2D eigenvalue weighted by Crippen LogP contribution is 2.53. The fraction of sp³-hybridized carbons (Fsp3) is 0.833. The third-order valence-electron chi connectivity index (χ3n) is 6.02. The van der Waals surface area contributed by atoms with Gasteiger partial charge in [-0.2, -0.15) is 0 Å². The van der Waals surface area contributed by atoms with Crippen LogP contribution in [0.5, 0.6) is 0 Å². The predicted octanol–water partition coefficient (Wildman–Crippen LogP) is -2.50. The Labute approximate surface area is 167 Å². The molecule has 10 atom stereocenters. The average molecular weight is 420 g/mol. The third-order valence-corrected chi connectivity index (χ3v) is 6.02. The molecule has 0 radical (unpaired) electrons. The lowest BCUT2D eigenvalue weighted by Gasteiger charge is -2.47. The number of aliphatic hydroxyl groups is 6. The molecule has 0 spiro atoms. The Bertz CT molecular complexity index is 666. The molecule has 6 N–H and O–H groups in total. The number of ether oxygens (including phenoxy) is 4. The van der Waals surface area contributed by atoms with Crippen LogP contribution in [0, 0.1) is 5.92 Å². The molecule has 0 amide bonds. The van der Waals surface area contributed by atoms with Crippen LogP contribution < -0.4 is 0 Å². The average Bonchev–Trinajstić information content (AvgIpc) is 2.84. The van der Waals surface area contributed by atoms with Gasteiger partial charge in [0.1, 0.15) is 35.6 Å². The van der Waals surface area contributed by atoms with Crippen LogP contribution in [0.15, 0.2) is 11.8 Å². The topological polar surface area (TPSA) is 175 Å². The molecule has 0 aromatic heterocycles. The van der Waals surface area contributed by atoms with E-state index in [4.69, 9.17) is 18.9 Å². The van der Waals surface area contributed by atoms with Crippen molar-refractivity contribution in [2.24, 2.45) is 5.92 Å². The van der Waals surface area contributed by atoms with Crippen molar-refractivity contribution >= 4 is 5.97 Å². The molecule has 29 heavy (non-hydrogen) atoms. The van der Waals surface area contributed by atoms with Crippen LogP contribution in [0.1, 0.15) is 27.2 Å². The molecule has 0 aromatic carbocycles. The highest BCUT2D eigenvalue weighted by Gasteiger charge is 2.68. The second-order valence-electron chi connectivity index (χ2n) is 8.07. The Morgan fingerprint density at radius 2 is 1.86 bits per heavy atom. The van der Waals surface area contributed by atoms with E-state index < -0.39 is 72.8 Å². The maximum Gasteiger partial charge on any atom is 0.303 e. The summed E-state index contributed by atoms with van der Waals surface area (Å²) in [4.78, 5) is 11.6. The van der Waals surface area contributed by atoms with Crippen molar-refractivity contribution in [3.8, 4) is 0 Å². The van der Waals surface area contributed by atoms with Crippen LogP contribution in [0.3, 0.4) is 0 Å². The van der Waals surface area contributed by atoms with Crippen LogP contribution in [0.4, 0.5) is 0 Å². The number of rotatable bonds is 4. The summed E-state index contributed by atoms with van der Waals surface area (Å²) >= 11 is 0. The summed E-state index contributed by atoms with van der Waals surface area (Å²) in [6.45, 7) is 3.60. The molecule has 2 aliphatic heterocycles. The van der Waals surface area contributed by atoms with Gasteiger partial charge in [-0.25, -0.2) is 0 Å². The van der Waals surface area contributed by atoms with Gasteiger partial charge in [-0.1, -0.05) is 0 Å². The van der Waals surface area contributed by atoms with Gasteiger partial charge in [-0.15, -0.1) is 0 Å². The molecule has 2 fully saturated rings. The van der Waals surface area contributed by atoms with Crippen molar-refractivity contribution in [2.75, 3.05) is 6.61 Å². The van der Waals surface area contributed by atoms with E-state index in [2.05, 4.69) is 0 Å². The SMILES string of the molecule is CC(=O)OC1(C)CC(O)C2(O)C(C)=COC(OC3OC(CO)C(O)C(O)C3O)C12. The lowest BCUT2D eigenvalue weighted by atomic mass is 9.77. The first-order valence-corrected chi connectivity index (χ1v) is 9.34. The fourth-order valence-corrected chi connectivity index (χ4v) is 4.54. The lowest BCUT2D eigenvalue weighted by Crippen LogP contribution is -2.62. The smallest absolute Gasteiger partial charge is 0.303 e. The van der Waals surface area contributed by atoms with Crippen LogP contribution in [0.2, 0.25) is 0 Å². The number of hydrogen-bond acceptors (Lipinski definition) is 11. The normalized spacial score (nSPS) is 49.8. The zero-order chi connectivity index (χ0) is 21.7. The number of aliphatic hydroxyl groups excluding tert-OH is 5. The summed E-state index contributed by atoms with van der Waals surface area (Å²) in [5.74, 6) is -1.74. The van der Waals surface area contributed by atoms with Gasteiger partial charge in [0.2, 0.25) is 6.29 Å². The second-order valence-corrected chi connectivity index (χ2v) is 8.07. The number of carbonyl (C=O) groups excluding carboxylic acids is 1. The minimum absolute atomic E-state index is 0.100. The highest BCUT2D eigenvalue weighted by atomic mass is 16.8. The molecule has 10 unspecified atom stereocenters. The van der Waals surface area contributed by atoms with Gasteiger partial charge in [-0.3, -0.25) is 4.79 Å². The largest absolute Gasteiger partial charge is 0.472 e. The van der Waals surface area contributed by atoms with Gasteiger partial charge in [0.15, 0.2) is 6.29 Å². The Morgan fingerprint density at radius 3 is 2.45 bits per heavy atom. The van der Waals surface area contributed by atoms with Crippen molar-refractivity contribution in [2.45, 2.75) is 81.5 Å². The van der Waals surface area contributed by atoms with E-state index in [1.54, 1.807) is 6.92 Å². The highest BCUT2D eigenvalue weighted by molar-refractivity contribution is 5.66. The Balaban J connectivity index is 1.91. The molecule has 0 aromatic rings. The van der Waals surface area contributed by atoms with E-state index in [0.717, 1.165) is 0 Å². The Kier molecular flexibility index (Phi) is 5.98. The van der Waals surface area contributed by atoms with E-state index >= 15 is 0 Å². The quantitative estimate of drug-likeness (QED) is 0.265. The molecule has 1 aliphatic carbocycles. The first-order chi connectivity index (χ1) is 13.5. The number of esters is 1. The van der Waals surface area contributed by atoms with Gasteiger partial charge in [0.25, 0.3) is 0 Å². The van der Waals surface area contributed by atoms with Gasteiger partial charge in [-0.05, 0) is 19.4 Å². The third kappa shape index (κ3) is 3.55. The summed E-state index contributed by atoms with van der Waals surface area (Å²) < 4.78 is 21.9. The van der Waals surface area contributed by atoms with E-state index in [9.17, 15) is 35.4 Å². The molecule has 3 aliphatic rings. The number of fused-ring (bicyclic) bond motifs is 1. The molecule has 1 saturated carbocycles. The van der Waals surface area contributed by atoms with Gasteiger partial charge < -0.3 is 49.6 Å². The van der Waals surface area contributed by atoms with Gasteiger partial charge in [0.05, 0.1) is 24.9 Å². The molecule has 166 valence electrons. The fourth-order valence-electron chi connectivity index (χ4n) is 4.54. The predicted molar refractivity (Wildman–Crippen MR) is 92.7 cm³/mol. The van der Waals surface area contributed by atoms with Crippen molar-refractivity contribution in [3.05, 3.63) is 11.8 Å². The van der Waals surface area contributed by atoms with Crippen molar-refractivity contribution < 1.29 is 54.4 Å². The van der Waals surface area contributed by atoms with E-state index in [-0.39, 0.29) is 6.42 Å². The molecule has 11 nitrogen and oxygen atoms in total. The zero-order valence-corrected chi connectivity index (χ0v) is 16.3. The number of hydrogen-bond donors (Lipinski definition) is 6. The molecular weight excluding hydrogens is 392 g/mol. The number of carbonyl (C=O) groups is 1. The van der Waals surface area contributed by atoms with Crippen molar-refractivity contribution in [1.82, 2.24) is 0 Å². The summed E-state index contributed by atoms with van der Waals surface area (Å²) in [6.07, 6.45) is -9.23. The monoisotopic (exact) mass is 420 g/mol. The van der Waals surface area contributed by atoms with E-state index in [1.807, 2.05) is 0 Å². The summed E-state index contributed by atoms with van der Waals surface area (Å²) in [7, 11) is 0. The van der Waals surface area contributed by atoms with Crippen molar-refractivity contribution in [3.63, 3.8) is 0 Å². The summed E-state index contributed by atoms with van der Waals surface area (Å²) in [6, 6.07) is 0. The first kappa shape index (κ1) is 22.4. The maximum atomic E-state index is 11.6. The first-order valence-electron chi connectivity index (χ1n) is 9.34. The van der Waals surface area contributed by atoms with Gasteiger partial charge >= 0.3 is 5.97 Å². The second kappa shape index (κ2) is 7.75. The summed E-state index contributed by atoms with van der Waals surface area (Å²) in [5.41, 5.74) is -2.94. The summed E-state index contributed by atoms with van der Waals surface area (Å²) in [5, 5.41) is 61.2. The molecule has 1 saturated heterocycles. The minimum atomic E-state index is -1.85. The van der Waals surface area contributed by atoms with Crippen LogP contribution >= 0.6 is 0 Å². The molecule has 2 heterocycles. The lowest BCUT2D eigenvalue weighted by molar-refractivity contribution is -0.352. The van der Waals surface area contributed by atoms with Crippen molar-refractivity contribution in [1.29, 1.82) is 0 Å². The van der Waals surface area contributed by atoms with E-state index in [0.29, 0.717) is 5.57 Å². The van der Waals surface area contributed by atoms with Crippen LogP contribution in [0.25, 0.3) is 0 Å². The maximum absolute atomic E-state index is 11.6. The van der Waals surface area contributed by atoms with Crippen LogP contribution in [-0.2, 0) is 23.7 Å². The molecule has 11 heteroatoms. The van der Waals surface area contributed by atoms with Crippen LogP contribution in [-0.4, -0.2) is 97.5 Å². The molecular formula is C18H28O11. The minimum Gasteiger partial charge on any atom is -0.472 e. The Hall–Kier alpha value is -1.31. The standard InChI is InChI=1S/C18H28O11/c1-7-6-26-16(28-15-13(24)12(23)11(22)9(5-19)27-15)14-17(3,29-8(2)20)4-10(21)18(7,14)25/h6,9-16,19,21-25H,4-5H2,1-3H3. The molecule has 0 bridgehead atoms. The van der Waals surface area contributed by atoms with Gasteiger partial charge in [0, 0.05) is 13.3 Å². The molecule has 3 rings (SSSR count). The Morgan fingerprint density at radius 1 is 1.21 bits per heavy atom. The zero-order valence-electron chi connectivity index (χ0n) is 16.3. The van der Waals surface area contributed by atoms with E-state index in [1.165, 1.54) is 20.1 Å².